The Labute approximate surface area is 87.0 Å². The van der Waals surface area contributed by atoms with Crippen LogP contribution in [-0.2, 0) is 14.3 Å². The number of fused-ring (bicyclic) bond motifs is 1. The summed E-state index contributed by atoms with van der Waals surface area (Å²) in [6.07, 6.45) is 0.687. The first kappa shape index (κ1) is 9.30. The molecule has 0 bridgehead atoms. The summed E-state index contributed by atoms with van der Waals surface area (Å²) in [5, 5.41) is 9.85. The molecule has 0 unspecified atom stereocenters. The number of carbonyl (C=O) groups excluding carboxylic acids is 2. The van der Waals surface area contributed by atoms with Gasteiger partial charge >= 0.3 is 0 Å². The van der Waals surface area contributed by atoms with E-state index in [1.165, 1.54) is 4.90 Å². The molecule has 2 amide bonds. The third kappa shape index (κ3) is 1.10. The highest BCUT2D eigenvalue weighted by Gasteiger charge is 2.58. The molecule has 2 aliphatic heterocycles. The zero-order valence-electron chi connectivity index (χ0n) is 8.26. The predicted molar refractivity (Wildman–Crippen MR) is 48.7 cm³/mol. The van der Waals surface area contributed by atoms with Gasteiger partial charge in [-0.2, -0.15) is 0 Å². The van der Waals surface area contributed by atoms with Gasteiger partial charge in [0.2, 0.25) is 11.8 Å². The van der Waals surface area contributed by atoms with Gasteiger partial charge < -0.3 is 9.84 Å². The SMILES string of the molecule is O=C1CCC(=O)N1[C@H]1[C@@H](O)[C@H]2CCO[C@H]21. The lowest BCUT2D eigenvalue weighted by atomic mass is 9.73. The van der Waals surface area contributed by atoms with Crippen molar-refractivity contribution in [3.63, 3.8) is 0 Å². The Morgan fingerprint density at radius 2 is 1.93 bits per heavy atom. The average Bonchev–Trinajstić information content (AvgIpc) is 2.77. The van der Waals surface area contributed by atoms with Gasteiger partial charge in [-0.1, -0.05) is 0 Å². The number of likely N-dealkylation sites (tertiary alicyclic amines) is 1. The fourth-order valence-electron chi connectivity index (χ4n) is 2.87. The molecule has 1 aliphatic carbocycles. The van der Waals surface area contributed by atoms with Crippen LogP contribution in [0.2, 0.25) is 0 Å². The summed E-state index contributed by atoms with van der Waals surface area (Å²) in [6, 6.07) is -0.417. The van der Waals surface area contributed by atoms with Gasteiger partial charge in [0.15, 0.2) is 0 Å². The molecule has 1 N–H and O–H groups in total. The van der Waals surface area contributed by atoms with Crippen LogP contribution in [0.25, 0.3) is 0 Å². The Hall–Kier alpha value is -0.940. The molecule has 0 aromatic rings. The van der Waals surface area contributed by atoms with Crippen molar-refractivity contribution in [2.45, 2.75) is 37.5 Å². The molecular weight excluding hydrogens is 198 g/mol. The second-order valence-corrected chi connectivity index (χ2v) is 4.43. The summed E-state index contributed by atoms with van der Waals surface area (Å²) >= 11 is 0. The molecule has 5 nitrogen and oxygen atoms in total. The molecule has 1 saturated carbocycles. The van der Waals surface area contributed by atoms with Crippen LogP contribution in [0.5, 0.6) is 0 Å². The zero-order chi connectivity index (χ0) is 10.6. The van der Waals surface area contributed by atoms with Gasteiger partial charge in [-0.05, 0) is 6.42 Å². The summed E-state index contributed by atoms with van der Waals surface area (Å²) in [6.45, 7) is 0.624. The normalized spacial score (nSPS) is 44.5. The van der Waals surface area contributed by atoms with Crippen LogP contribution in [0.3, 0.4) is 0 Å². The maximum Gasteiger partial charge on any atom is 0.230 e. The van der Waals surface area contributed by atoms with E-state index < -0.39 is 12.1 Å². The van der Waals surface area contributed by atoms with Crippen LogP contribution in [0, 0.1) is 5.92 Å². The van der Waals surface area contributed by atoms with E-state index in [1.807, 2.05) is 0 Å². The highest BCUT2D eigenvalue weighted by molar-refractivity contribution is 6.02. The molecule has 2 heterocycles. The summed E-state index contributed by atoms with van der Waals surface area (Å²) in [5.41, 5.74) is 0. The molecule has 82 valence electrons. The topological polar surface area (TPSA) is 66.8 Å². The highest BCUT2D eigenvalue weighted by atomic mass is 16.5. The van der Waals surface area contributed by atoms with Crippen molar-refractivity contribution in [1.29, 1.82) is 0 Å². The number of amides is 2. The third-order valence-corrected chi connectivity index (χ3v) is 3.70. The molecule has 3 fully saturated rings. The number of hydrogen-bond acceptors (Lipinski definition) is 4. The second kappa shape index (κ2) is 3.02. The van der Waals surface area contributed by atoms with E-state index in [2.05, 4.69) is 0 Å². The molecule has 0 aromatic carbocycles. The van der Waals surface area contributed by atoms with Crippen molar-refractivity contribution < 1.29 is 19.4 Å². The van der Waals surface area contributed by atoms with Crippen LogP contribution < -0.4 is 0 Å². The van der Waals surface area contributed by atoms with E-state index in [-0.39, 0.29) is 36.7 Å². The van der Waals surface area contributed by atoms with Crippen LogP contribution in [0.15, 0.2) is 0 Å². The van der Waals surface area contributed by atoms with Crippen molar-refractivity contribution in [2.75, 3.05) is 6.61 Å². The summed E-state index contributed by atoms with van der Waals surface area (Å²) < 4.78 is 5.44. The minimum Gasteiger partial charge on any atom is -0.390 e. The molecule has 0 aromatic heterocycles. The first-order valence-electron chi connectivity index (χ1n) is 5.34. The zero-order valence-corrected chi connectivity index (χ0v) is 8.26. The standard InChI is InChI=1S/C10H13NO4/c12-6-1-2-7(13)11(6)8-9(14)5-3-4-15-10(5)8/h5,8-10,14H,1-4H2/t5-,8+,9+,10-/m1/s1. The van der Waals surface area contributed by atoms with Crippen molar-refractivity contribution in [1.82, 2.24) is 4.90 Å². The van der Waals surface area contributed by atoms with Gasteiger partial charge in [0.1, 0.15) is 0 Å². The van der Waals surface area contributed by atoms with Gasteiger partial charge in [0, 0.05) is 25.4 Å². The van der Waals surface area contributed by atoms with Gasteiger partial charge in [-0.25, -0.2) is 0 Å². The van der Waals surface area contributed by atoms with Gasteiger partial charge in [0.25, 0.3) is 0 Å². The minimum absolute atomic E-state index is 0.119. The Kier molecular flexibility index (Phi) is 1.87. The summed E-state index contributed by atoms with van der Waals surface area (Å²) in [5.74, 6) is -0.216. The Morgan fingerprint density at radius 3 is 2.60 bits per heavy atom. The summed E-state index contributed by atoms with van der Waals surface area (Å²) in [7, 11) is 0. The highest BCUT2D eigenvalue weighted by Crippen LogP contribution is 2.43. The minimum atomic E-state index is -0.580. The summed E-state index contributed by atoms with van der Waals surface area (Å²) in [4.78, 5) is 24.2. The van der Waals surface area contributed by atoms with Gasteiger partial charge in [-0.15, -0.1) is 0 Å². The molecule has 2 saturated heterocycles. The van der Waals surface area contributed by atoms with Crippen LogP contribution >= 0.6 is 0 Å². The number of aliphatic hydroxyl groups excluding tert-OH is 1. The Balaban J connectivity index is 1.82. The third-order valence-electron chi connectivity index (χ3n) is 3.70. The lowest BCUT2D eigenvalue weighted by molar-refractivity contribution is -0.171. The number of ether oxygens (including phenoxy) is 1. The van der Waals surface area contributed by atoms with Crippen LogP contribution in [0.1, 0.15) is 19.3 Å². The molecule has 0 radical (unpaired) electrons. The molecular formula is C10H13NO4. The number of imide groups is 1. The largest absolute Gasteiger partial charge is 0.390 e. The number of aliphatic hydroxyl groups is 1. The van der Waals surface area contributed by atoms with E-state index in [1.54, 1.807) is 0 Å². The molecule has 4 atom stereocenters. The molecule has 0 spiro atoms. The first-order valence-corrected chi connectivity index (χ1v) is 5.34. The lowest BCUT2D eigenvalue weighted by Gasteiger charge is -2.47. The molecule has 3 rings (SSSR count). The maximum atomic E-state index is 11.5. The van der Waals surface area contributed by atoms with Crippen molar-refractivity contribution >= 4 is 11.8 Å². The van der Waals surface area contributed by atoms with E-state index >= 15 is 0 Å². The lowest BCUT2D eigenvalue weighted by Crippen LogP contribution is -2.66. The first-order chi connectivity index (χ1) is 7.20. The Morgan fingerprint density at radius 1 is 1.27 bits per heavy atom. The van der Waals surface area contributed by atoms with E-state index in [4.69, 9.17) is 4.74 Å². The quantitative estimate of drug-likeness (QED) is 0.581. The maximum absolute atomic E-state index is 11.5. The van der Waals surface area contributed by atoms with E-state index in [0.717, 1.165) is 6.42 Å². The second-order valence-electron chi connectivity index (χ2n) is 4.43. The number of rotatable bonds is 1. The fourth-order valence-corrected chi connectivity index (χ4v) is 2.87. The monoisotopic (exact) mass is 211 g/mol. The van der Waals surface area contributed by atoms with Crippen molar-refractivity contribution in [2.24, 2.45) is 5.92 Å². The number of carbonyl (C=O) groups is 2. The average molecular weight is 211 g/mol. The number of nitrogens with zero attached hydrogens (tertiary/aromatic N) is 1. The van der Waals surface area contributed by atoms with E-state index in [0.29, 0.717) is 6.61 Å². The van der Waals surface area contributed by atoms with Crippen LogP contribution in [-0.4, -0.2) is 46.7 Å². The molecule has 3 aliphatic rings. The number of hydrogen-bond donors (Lipinski definition) is 1. The fraction of sp³-hybridized carbons (Fsp3) is 0.800. The smallest absolute Gasteiger partial charge is 0.230 e. The predicted octanol–water partition coefficient (Wildman–Crippen LogP) is -0.716. The van der Waals surface area contributed by atoms with Crippen molar-refractivity contribution in [3.8, 4) is 0 Å². The molecule has 15 heavy (non-hydrogen) atoms. The van der Waals surface area contributed by atoms with Crippen LogP contribution in [0.4, 0.5) is 0 Å². The van der Waals surface area contributed by atoms with Gasteiger partial charge in [-0.3, -0.25) is 14.5 Å². The molecule has 5 heteroatoms. The van der Waals surface area contributed by atoms with Crippen molar-refractivity contribution in [3.05, 3.63) is 0 Å². The Bertz CT molecular complexity index is 313. The van der Waals surface area contributed by atoms with E-state index in [9.17, 15) is 14.7 Å². The van der Waals surface area contributed by atoms with Gasteiger partial charge in [0.05, 0.1) is 18.2 Å².